The third-order valence-electron chi connectivity index (χ3n) is 2.60. The zero-order valence-corrected chi connectivity index (χ0v) is 9.31. The number of benzene rings is 1. The summed E-state index contributed by atoms with van der Waals surface area (Å²) in [4.78, 5) is 15.8. The van der Waals surface area contributed by atoms with E-state index in [4.69, 9.17) is 0 Å². The second-order valence-electron chi connectivity index (χ2n) is 3.57. The van der Waals surface area contributed by atoms with Gasteiger partial charge in [0.1, 0.15) is 17.1 Å². The lowest BCUT2D eigenvalue weighted by atomic mass is 10.1. The fourth-order valence-corrected chi connectivity index (χ4v) is 1.65. The molecule has 2 rings (SSSR count). The minimum atomic E-state index is -0.501. The number of imidazole rings is 1. The molecule has 5 heteroatoms. The molecule has 0 unspecified atom stereocenters. The van der Waals surface area contributed by atoms with Gasteiger partial charge in [0.25, 0.3) is 0 Å². The van der Waals surface area contributed by atoms with E-state index >= 15 is 0 Å². The number of aromatic hydroxyl groups is 1. The Labute approximate surface area is 92.3 Å². The van der Waals surface area contributed by atoms with Crippen molar-refractivity contribution in [3.05, 3.63) is 23.5 Å². The molecule has 0 bridgehead atoms. The highest BCUT2D eigenvalue weighted by Crippen LogP contribution is 2.25. The minimum Gasteiger partial charge on any atom is -0.508 e. The zero-order chi connectivity index (χ0) is 11.9. The second kappa shape index (κ2) is 3.52. The first-order valence-corrected chi connectivity index (χ1v) is 4.79. The van der Waals surface area contributed by atoms with E-state index in [-0.39, 0.29) is 11.3 Å². The normalized spacial score (nSPS) is 10.7. The van der Waals surface area contributed by atoms with Gasteiger partial charge in [0.15, 0.2) is 0 Å². The Morgan fingerprint density at radius 3 is 2.81 bits per heavy atom. The van der Waals surface area contributed by atoms with Gasteiger partial charge in [-0.1, -0.05) is 0 Å². The Bertz CT molecular complexity index is 572. The maximum Gasteiger partial charge on any atom is 0.340 e. The fraction of sp³-hybridized carbons (Fsp3) is 0.273. The van der Waals surface area contributed by atoms with E-state index in [9.17, 15) is 9.90 Å². The van der Waals surface area contributed by atoms with Gasteiger partial charge in [0.05, 0.1) is 18.2 Å². The number of carbonyl (C=O) groups is 1. The number of rotatable bonds is 1. The lowest BCUT2D eigenvalue weighted by Gasteiger charge is -2.02. The van der Waals surface area contributed by atoms with Gasteiger partial charge in [-0.3, -0.25) is 0 Å². The molecule has 0 radical (unpaired) electrons. The minimum absolute atomic E-state index is 0.0240. The van der Waals surface area contributed by atoms with Crippen molar-refractivity contribution >= 4 is 17.0 Å². The summed E-state index contributed by atoms with van der Waals surface area (Å²) in [5, 5.41) is 9.54. The fourth-order valence-electron chi connectivity index (χ4n) is 1.65. The Morgan fingerprint density at radius 2 is 2.19 bits per heavy atom. The molecule has 0 saturated heterocycles. The lowest BCUT2D eigenvalue weighted by Crippen LogP contribution is -2.02. The van der Waals surface area contributed by atoms with Crippen LogP contribution in [-0.2, 0) is 11.8 Å². The molecule has 0 spiro atoms. The molecule has 5 nitrogen and oxygen atoms in total. The highest BCUT2D eigenvalue weighted by molar-refractivity contribution is 6.02. The van der Waals surface area contributed by atoms with Crippen molar-refractivity contribution in [1.29, 1.82) is 0 Å². The SMILES string of the molecule is COC(=O)c1cc(O)cc2c1nc(C)n2C. The number of methoxy groups -OCH3 is 1. The molecule has 0 aliphatic carbocycles. The maximum absolute atomic E-state index is 11.5. The summed E-state index contributed by atoms with van der Waals surface area (Å²) in [5.41, 5.74) is 1.53. The molecule has 0 aliphatic heterocycles. The van der Waals surface area contributed by atoms with Gasteiger partial charge in [-0.2, -0.15) is 0 Å². The molecular weight excluding hydrogens is 208 g/mol. The van der Waals surface area contributed by atoms with Crippen molar-refractivity contribution in [2.45, 2.75) is 6.92 Å². The first-order valence-electron chi connectivity index (χ1n) is 4.79. The zero-order valence-electron chi connectivity index (χ0n) is 9.31. The van der Waals surface area contributed by atoms with E-state index in [1.165, 1.54) is 13.2 Å². The summed E-state index contributed by atoms with van der Waals surface area (Å²) in [5.74, 6) is 0.292. The molecule has 1 aromatic carbocycles. The van der Waals surface area contributed by atoms with Crippen molar-refractivity contribution < 1.29 is 14.6 Å². The number of hydrogen-bond donors (Lipinski definition) is 1. The molecular formula is C11H12N2O3. The number of phenolic OH excluding ortho intramolecular Hbond substituents is 1. The Morgan fingerprint density at radius 1 is 1.50 bits per heavy atom. The van der Waals surface area contributed by atoms with Crippen LogP contribution in [0.4, 0.5) is 0 Å². The van der Waals surface area contributed by atoms with Crippen LogP contribution in [0, 0.1) is 6.92 Å². The van der Waals surface area contributed by atoms with E-state index in [2.05, 4.69) is 9.72 Å². The molecule has 0 saturated carbocycles. The Balaban J connectivity index is 2.83. The van der Waals surface area contributed by atoms with E-state index < -0.39 is 5.97 Å². The molecule has 2 aromatic rings. The summed E-state index contributed by atoms with van der Waals surface area (Å²) in [6.07, 6.45) is 0. The average Bonchev–Trinajstić information content (AvgIpc) is 2.54. The molecule has 0 fully saturated rings. The molecule has 1 heterocycles. The number of phenols is 1. The predicted molar refractivity (Wildman–Crippen MR) is 58.5 cm³/mol. The molecule has 0 aliphatic rings. The lowest BCUT2D eigenvalue weighted by molar-refractivity contribution is 0.0602. The van der Waals surface area contributed by atoms with E-state index in [0.29, 0.717) is 11.0 Å². The largest absolute Gasteiger partial charge is 0.508 e. The van der Waals surface area contributed by atoms with Gasteiger partial charge < -0.3 is 14.4 Å². The van der Waals surface area contributed by atoms with Crippen LogP contribution in [0.5, 0.6) is 5.75 Å². The van der Waals surface area contributed by atoms with Crippen molar-refractivity contribution in [1.82, 2.24) is 9.55 Å². The third-order valence-corrected chi connectivity index (χ3v) is 2.60. The van der Waals surface area contributed by atoms with Crippen molar-refractivity contribution in [2.24, 2.45) is 7.05 Å². The number of fused-ring (bicyclic) bond motifs is 1. The van der Waals surface area contributed by atoms with Crippen molar-refractivity contribution in [2.75, 3.05) is 7.11 Å². The van der Waals surface area contributed by atoms with Gasteiger partial charge in [0.2, 0.25) is 0 Å². The number of ether oxygens (including phenoxy) is 1. The third kappa shape index (κ3) is 1.41. The predicted octanol–water partition coefficient (Wildman–Crippen LogP) is 1.37. The van der Waals surface area contributed by atoms with E-state index in [1.54, 1.807) is 6.07 Å². The molecule has 84 valence electrons. The molecule has 16 heavy (non-hydrogen) atoms. The number of carbonyl (C=O) groups excluding carboxylic acids is 1. The van der Waals surface area contributed by atoms with Crippen LogP contribution in [0.25, 0.3) is 11.0 Å². The van der Waals surface area contributed by atoms with Crippen molar-refractivity contribution in [3.8, 4) is 5.75 Å². The monoisotopic (exact) mass is 220 g/mol. The summed E-state index contributed by atoms with van der Waals surface area (Å²) < 4.78 is 6.46. The second-order valence-corrected chi connectivity index (χ2v) is 3.57. The van der Waals surface area contributed by atoms with Gasteiger partial charge in [0, 0.05) is 13.1 Å². The number of aromatic nitrogens is 2. The smallest absolute Gasteiger partial charge is 0.340 e. The topological polar surface area (TPSA) is 64.3 Å². The average molecular weight is 220 g/mol. The number of nitrogens with zero attached hydrogens (tertiary/aromatic N) is 2. The maximum atomic E-state index is 11.5. The van der Waals surface area contributed by atoms with Crippen LogP contribution in [0.2, 0.25) is 0 Å². The van der Waals surface area contributed by atoms with Crippen LogP contribution in [0.3, 0.4) is 0 Å². The molecule has 0 amide bonds. The summed E-state index contributed by atoms with van der Waals surface area (Å²) in [7, 11) is 3.12. The summed E-state index contributed by atoms with van der Waals surface area (Å²) in [6, 6.07) is 2.93. The first-order chi connectivity index (χ1) is 7.54. The molecule has 0 atom stereocenters. The van der Waals surface area contributed by atoms with Gasteiger partial charge in [-0.25, -0.2) is 9.78 Å². The first kappa shape index (κ1) is 10.5. The summed E-state index contributed by atoms with van der Waals surface area (Å²) in [6.45, 7) is 1.83. The highest BCUT2D eigenvalue weighted by atomic mass is 16.5. The molecule has 1 N–H and O–H groups in total. The number of hydrogen-bond acceptors (Lipinski definition) is 4. The van der Waals surface area contributed by atoms with E-state index in [1.807, 2.05) is 18.5 Å². The Hall–Kier alpha value is -2.04. The van der Waals surface area contributed by atoms with Crippen molar-refractivity contribution in [3.63, 3.8) is 0 Å². The van der Waals surface area contributed by atoms with E-state index in [0.717, 1.165) is 5.82 Å². The van der Waals surface area contributed by atoms with Crippen LogP contribution in [0.1, 0.15) is 16.2 Å². The standard InChI is InChI=1S/C11H12N2O3/c1-6-12-10-8(11(15)16-3)4-7(14)5-9(10)13(6)2/h4-5,14H,1-3H3. The van der Waals surface area contributed by atoms with Gasteiger partial charge >= 0.3 is 5.97 Å². The number of aryl methyl sites for hydroxylation is 2. The quantitative estimate of drug-likeness (QED) is 0.737. The van der Waals surface area contributed by atoms with Crippen LogP contribution in [0.15, 0.2) is 12.1 Å². The number of esters is 1. The highest BCUT2D eigenvalue weighted by Gasteiger charge is 2.16. The summed E-state index contributed by atoms with van der Waals surface area (Å²) >= 11 is 0. The molecule has 1 aromatic heterocycles. The van der Waals surface area contributed by atoms with Crippen LogP contribution >= 0.6 is 0 Å². The van der Waals surface area contributed by atoms with Crippen LogP contribution < -0.4 is 0 Å². The Kier molecular flexibility index (Phi) is 2.30. The van der Waals surface area contributed by atoms with Crippen LogP contribution in [-0.4, -0.2) is 27.7 Å². The van der Waals surface area contributed by atoms with Gasteiger partial charge in [-0.05, 0) is 13.0 Å². The van der Waals surface area contributed by atoms with Gasteiger partial charge in [-0.15, -0.1) is 0 Å².